The molecule has 0 radical (unpaired) electrons. The predicted octanol–water partition coefficient (Wildman–Crippen LogP) is 3.87. The summed E-state index contributed by atoms with van der Waals surface area (Å²) in [5, 5.41) is 0.710. The van der Waals surface area contributed by atoms with Gasteiger partial charge in [0.2, 0.25) is 5.95 Å². The summed E-state index contributed by atoms with van der Waals surface area (Å²) in [6.45, 7) is 3.20. The molecule has 38 heavy (non-hydrogen) atoms. The van der Waals surface area contributed by atoms with E-state index in [0.29, 0.717) is 67.0 Å². The van der Waals surface area contributed by atoms with Crippen LogP contribution in [0.25, 0.3) is 10.9 Å². The molecule has 5 rings (SSSR count). The largest absolute Gasteiger partial charge is 0.493 e. The molecular weight excluding hydrogens is 482 g/mol. The molecule has 196 valence electrons. The molecular formula is C29H31N5O4. The van der Waals surface area contributed by atoms with Gasteiger partial charge in [-0.2, -0.15) is 4.98 Å². The minimum absolute atomic E-state index is 0.334. The van der Waals surface area contributed by atoms with Crippen LogP contribution in [0.1, 0.15) is 17.2 Å². The molecule has 0 unspecified atom stereocenters. The summed E-state index contributed by atoms with van der Waals surface area (Å²) >= 11 is 0. The molecule has 1 aromatic heterocycles. The van der Waals surface area contributed by atoms with Crippen LogP contribution in [0.5, 0.6) is 17.2 Å². The number of nitrogen functional groups attached to an aromatic ring is 1. The maximum atomic E-state index is 12.1. The van der Waals surface area contributed by atoms with Crippen molar-refractivity contribution in [2.75, 3.05) is 51.0 Å². The monoisotopic (exact) mass is 513 g/mol. The van der Waals surface area contributed by atoms with E-state index in [4.69, 9.17) is 24.9 Å². The van der Waals surface area contributed by atoms with Crippen molar-refractivity contribution in [2.24, 2.45) is 0 Å². The molecule has 9 heteroatoms. The molecule has 0 bridgehead atoms. The quantitative estimate of drug-likeness (QED) is 0.334. The van der Waals surface area contributed by atoms with Gasteiger partial charge in [-0.25, -0.2) is 4.98 Å². The number of hydrogen-bond acceptors (Lipinski definition) is 9. The van der Waals surface area contributed by atoms with Gasteiger partial charge in [0.05, 0.1) is 25.8 Å². The van der Waals surface area contributed by atoms with Gasteiger partial charge in [0.1, 0.15) is 24.5 Å². The van der Waals surface area contributed by atoms with Crippen molar-refractivity contribution >= 4 is 29.0 Å². The zero-order valence-electron chi connectivity index (χ0n) is 21.5. The Kier molecular flexibility index (Phi) is 7.55. The molecule has 3 aromatic carbocycles. The van der Waals surface area contributed by atoms with Crippen molar-refractivity contribution in [1.29, 1.82) is 0 Å². The molecule has 4 aromatic rings. The molecule has 0 aliphatic carbocycles. The number of anilines is 2. The summed E-state index contributed by atoms with van der Waals surface area (Å²) in [6, 6.07) is 21.0. The molecule has 2 heterocycles. The van der Waals surface area contributed by atoms with Gasteiger partial charge in [-0.05, 0) is 29.3 Å². The van der Waals surface area contributed by atoms with Crippen molar-refractivity contribution in [3.8, 4) is 17.2 Å². The number of aromatic nitrogens is 2. The third-order valence-corrected chi connectivity index (χ3v) is 6.81. The summed E-state index contributed by atoms with van der Waals surface area (Å²) in [5.41, 5.74) is 9.01. The molecule has 1 saturated heterocycles. The van der Waals surface area contributed by atoms with E-state index >= 15 is 0 Å². The smallest absolute Gasteiger partial charge is 0.227 e. The fourth-order valence-corrected chi connectivity index (χ4v) is 4.69. The number of methoxy groups -OCH3 is 2. The number of piperazine rings is 1. The van der Waals surface area contributed by atoms with E-state index in [9.17, 15) is 4.79 Å². The highest BCUT2D eigenvalue weighted by Gasteiger charge is 2.26. The summed E-state index contributed by atoms with van der Waals surface area (Å²) < 4.78 is 16.7. The number of rotatable bonds is 9. The number of benzene rings is 3. The Hall–Kier alpha value is -4.37. The van der Waals surface area contributed by atoms with Crippen molar-refractivity contribution in [2.45, 2.75) is 12.6 Å². The van der Waals surface area contributed by atoms with E-state index in [0.717, 1.165) is 23.2 Å². The maximum absolute atomic E-state index is 12.1. The highest BCUT2D eigenvalue weighted by Crippen LogP contribution is 2.34. The first-order valence-electron chi connectivity index (χ1n) is 12.5. The number of hydrogen-bond donors (Lipinski definition) is 1. The van der Waals surface area contributed by atoms with Gasteiger partial charge in [-0.15, -0.1) is 0 Å². The number of fused-ring (bicyclic) bond motifs is 1. The van der Waals surface area contributed by atoms with Crippen LogP contribution in [0.2, 0.25) is 0 Å². The van der Waals surface area contributed by atoms with E-state index in [1.165, 1.54) is 0 Å². The average Bonchev–Trinajstić information content (AvgIpc) is 2.97. The Labute approximate surface area is 221 Å². The highest BCUT2D eigenvalue weighted by atomic mass is 16.5. The average molecular weight is 514 g/mol. The molecule has 0 saturated carbocycles. The minimum atomic E-state index is -0.334. The summed E-state index contributed by atoms with van der Waals surface area (Å²) in [7, 11) is 3.17. The molecule has 1 fully saturated rings. The molecule has 1 aliphatic rings. The second-order valence-corrected chi connectivity index (χ2v) is 9.08. The second kappa shape index (κ2) is 11.4. The lowest BCUT2D eigenvalue weighted by molar-refractivity contribution is -0.112. The van der Waals surface area contributed by atoms with Crippen LogP contribution in [0.15, 0.2) is 66.7 Å². The number of aldehydes is 1. The summed E-state index contributed by atoms with van der Waals surface area (Å²) in [4.78, 5) is 25.6. The number of carbonyl (C=O) groups excluding carboxylic acids is 1. The molecule has 2 N–H and O–H groups in total. The van der Waals surface area contributed by atoms with Crippen LogP contribution in [0.4, 0.5) is 11.8 Å². The minimum Gasteiger partial charge on any atom is -0.493 e. The van der Waals surface area contributed by atoms with Gasteiger partial charge in [0.15, 0.2) is 11.5 Å². The Morgan fingerprint density at radius 1 is 0.921 bits per heavy atom. The highest BCUT2D eigenvalue weighted by molar-refractivity contribution is 5.91. The molecule has 0 spiro atoms. The molecule has 1 atom stereocenters. The van der Waals surface area contributed by atoms with Crippen molar-refractivity contribution < 1.29 is 19.0 Å². The fraction of sp³-hybridized carbons (Fsp3) is 0.276. The number of carbonyl (C=O) groups is 1. The van der Waals surface area contributed by atoms with Crippen LogP contribution in [-0.4, -0.2) is 61.6 Å². The van der Waals surface area contributed by atoms with Gasteiger partial charge in [-0.1, -0.05) is 42.5 Å². The van der Waals surface area contributed by atoms with Gasteiger partial charge >= 0.3 is 0 Å². The first kappa shape index (κ1) is 25.3. The van der Waals surface area contributed by atoms with E-state index in [-0.39, 0.29) is 6.04 Å². The fourth-order valence-electron chi connectivity index (χ4n) is 4.69. The van der Waals surface area contributed by atoms with Gasteiger partial charge in [-0.3, -0.25) is 4.90 Å². The summed E-state index contributed by atoms with van der Waals surface area (Å²) in [6.07, 6.45) is 1.000. The zero-order chi connectivity index (χ0) is 26.5. The summed E-state index contributed by atoms with van der Waals surface area (Å²) in [5.74, 6) is 2.87. The Bertz CT molecular complexity index is 1390. The zero-order valence-corrected chi connectivity index (χ0v) is 21.5. The van der Waals surface area contributed by atoms with Crippen molar-refractivity contribution in [1.82, 2.24) is 14.9 Å². The lowest BCUT2D eigenvalue weighted by Crippen LogP contribution is -2.48. The topological polar surface area (TPSA) is 103 Å². The Morgan fingerprint density at radius 3 is 2.26 bits per heavy atom. The lowest BCUT2D eigenvalue weighted by atomic mass is 10.1. The Morgan fingerprint density at radius 2 is 1.61 bits per heavy atom. The van der Waals surface area contributed by atoms with E-state index in [2.05, 4.69) is 14.8 Å². The van der Waals surface area contributed by atoms with Crippen LogP contribution >= 0.6 is 0 Å². The number of ether oxygens (including phenoxy) is 3. The van der Waals surface area contributed by atoms with Crippen LogP contribution < -0.4 is 24.8 Å². The van der Waals surface area contributed by atoms with Gasteiger partial charge in [0.25, 0.3) is 0 Å². The van der Waals surface area contributed by atoms with E-state index in [1.807, 2.05) is 60.7 Å². The molecule has 9 nitrogen and oxygen atoms in total. The SMILES string of the molecule is COc1cc2nc(N3CCN([C@H](C=O)c4ccc(OCc5ccccc5)cc4)CC3)nc(N)c2cc1OC. The van der Waals surface area contributed by atoms with Crippen LogP contribution in [-0.2, 0) is 11.4 Å². The Balaban J connectivity index is 1.24. The van der Waals surface area contributed by atoms with Crippen LogP contribution in [0, 0.1) is 0 Å². The molecule has 0 amide bonds. The van der Waals surface area contributed by atoms with E-state index in [1.54, 1.807) is 20.3 Å². The first-order chi connectivity index (χ1) is 18.6. The third-order valence-electron chi connectivity index (χ3n) is 6.81. The second-order valence-electron chi connectivity index (χ2n) is 9.08. The maximum Gasteiger partial charge on any atom is 0.227 e. The standard InChI is InChI=1S/C29H31N5O4/c1-36-26-16-23-24(17-27(26)37-2)31-29(32-28(23)30)34-14-12-33(13-15-34)25(18-35)21-8-10-22(11-9-21)38-19-20-6-4-3-5-7-20/h3-11,16-18,25H,12-15,19H2,1-2H3,(H2,30,31,32)/t25-/m1/s1. The van der Waals surface area contributed by atoms with E-state index < -0.39 is 0 Å². The van der Waals surface area contributed by atoms with Crippen LogP contribution in [0.3, 0.4) is 0 Å². The van der Waals surface area contributed by atoms with Gasteiger partial charge in [0, 0.05) is 37.6 Å². The van der Waals surface area contributed by atoms with Crippen molar-refractivity contribution in [3.05, 3.63) is 77.9 Å². The normalized spacial score (nSPS) is 14.7. The number of nitrogens with two attached hydrogens (primary N) is 1. The number of nitrogens with zero attached hydrogens (tertiary/aromatic N) is 4. The predicted molar refractivity (Wildman–Crippen MR) is 147 cm³/mol. The van der Waals surface area contributed by atoms with Crippen molar-refractivity contribution in [3.63, 3.8) is 0 Å². The first-order valence-corrected chi connectivity index (χ1v) is 12.5. The van der Waals surface area contributed by atoms with Gasteiger partial charge < -0.3 is 29.6 Å². The molecule has 1 aliphatic heterocycles. The third kappa shape index (κ3) is 5.33. The lowest BCUT2D eigenvalue weighted by Gasteiger charge is -2.37.